The molecule has 4 N–H and O–H groups in total. The Bertz CT molecular complexity index is 1410. The fourth-order valence-electron chi connectivity index (χ4n) is 4.68. The summed E-state index contributed by atoms with van der Waals surface area (Å²) in [7, 11) is 0. The van der Waals surface area contributed by atoms with E-state index in [0.29, 0.717) is 13.1 Å². The van der Waals surface area contributed by atoms with Crippen LogP contribution in [0.3, 0.4) is 0 Å². The second kappa shape index (κ2) is 10.6. The Balaban J connectivity index is 1.05. The minimum absolute atomic E-state index is 0.0745. The third kappa shape index (κ3) is 5.72. The summed E-state index contributed by atoms with van der Waals surface area (Å²) in [6.45, 7) is 4.77. The van der Waals surface area contributed by atoms with Gasteiger partial charge in [-0.15, -0.1) is 0 Å². The molecule has 0 saturated carbocycles. The molecule has 8 heteroatoms. The number of aryl methyl sites for hydroxylation is 1. The summed E-state index contributed by atoms with van der Waals surface area (Å²) in [6.07, 6.45) is 0.875. The molecule has 1 atom stereocenters. The number of anilines is 2. The van der Waals surface area contributed by atoms with E-state index in [0.717, 1.165) is 58.3 Å². The summed E-state index contributed by atoms with van der Waals surface area (Å²) in [5.74, 6) is 0. The highest BCUT2D eigenvalue weighted by atomic mass is 16.2. The second-order valence-electron chi connectivity index (χ2n) is 9.16. The first kappa shape index (κ1) is 23.6. The molecule has 0 aliphatic carbocycles. The lowest BCUT2D eigenvalue weighted by Gasteiger charge is -2.17. The average molecular weight is 483 g/mol. The van der Waals surface area contributed by atoms with E-state index in [2.05, 4.69) is 31.2 Å². The molecule has 1 aliphatic rings. The summed E-state index contributed by atoms with van der Waals surface area (Å²) in [4.78, 5) is 31.7. The van der Waals surface area contributed by atoms with Crippen molar-refractivity contribution in [3.8, 4) is 0 Å². The number of para-hydroxylation sites is 1. The number of hydrogen-bond donors (Lipinski definition) is 4. The number of rotatable bonds is 6. The van der Waals surface area contributed by atoms with Crippen LogP contribution >= 0.6 is 0 Å². The molecule has 5 rings (SSSR count). The van der Waals surface area contributed by atoms with Crippen LogP contribution < -0.4 is 21.3 Å². The van der Waals surface area contributed by atoms with E-state index >= 15 is 0 Å². The molecular formula is C28H30N6O2. The molecule has 1 unspecified atom stereocenters. The number of amides is 4. The average Bonchev–Trinajstić information content (AvgIpc) is 3.30. The van der Waals surface area contributed by atoms with Crippen LogP contribution in [0, 0.1) is 6.92 Å². The zero-order valence-electron chi connectivity index (χ0n) is 20.3. The van der Waals surface area contributed by atoms with Gasteiger partial charge in [0.1, 0.15) is 0 Å². The van der Waals surface area contributed by atoms with Gasteiger partial charge in [0.05, 0.1) is 11.2 Å². The van der Waals surface area contributed by atoms with Gasteiger partial charge in [-0.3, -0.25) is 9.88 Å². The highest BCUT2D eigenvalue weighted by molar-refractivity contribution is 6.00. The van der Waals surface area contributed by atoms with Crippen molar-refractivity contribution in [2.24, 2.45) is 0 Å². The topological polar surface area (TPSA) is 98.4 Å². The molecule has 0 bridgehead atoms. The fourth-order valence-corrected chi connectivity index (χ4v) is 4.68. The number of pyridine rings is 1. The van der Waals surface area contributed by atoms with Gasteiger partial charge in [0.2, 0.25) is 0 Å². The maximum absolute atomic E-state index is 12.5. The van der Waals surface area contributed by atoms with Crippen molar-refractivity contribution in [3.63, 3.8) is 0 Å². The van der Waals surface area contributed by atoms with Crippen LogP contribution in [-0.2, 0) is 0 Å². The van der Waals surface area contributed by atoms with Crippen LogP contribution in [0.1, 0.15) is 12.1 Å². The summed E-state index contributed by atoms with van der Waals surface area (Å²) < 4.78 is 0. The Morgan fingerprint density at radius 2 is 1.75 bits per heavy atom. The van der Waals surface area contributed by atoms with Gasteiger partial charge >= 0.3 is 12.1 Å². The number of fused-ring (bicyclic) bond motifs is 2. The molecule has 1 saturated heterocycles. The number of carbonyl (C=O) groups excluding carboxylic acids is 2. The summed E-state index contributed by atoms with van der Waals surface area (Å²) in [5, 5.41) is 15.0. The van der Waals surface area contributed by atoms with Crippen LogP contribution in [0.5, 0.6) is 0 Å². The molecule has 4 aromatic rings. The van der Waals surface area contributed by atoms with E-state index in [4.69, 9.17) is 0 Å². The van der Waals surface area contributed by atoms with Crippen LogP contribution in [0.2, 0.25) is 0 Å². The number of likely N-dealkylation sites (tertiary alicyclic amines) is 1. The fraction of sp³-hybridized carbons (Fsp3) is 0.250. The summed E-state index contributed by atoms with van der Waals surface area (Å²) in [5.41, 5.74) is 3.23. The SMILES string of the molecule is Cc1cc(NC(=O)NCCN2CCC(NC(=O)Nc3ccc4ccccc4c3)C2)c2ccccc2n1. The van der Waals surface area contributed by atoms with Crippen LogP contribution in [0.4, 0.5) is 21.0 Å². The lowest BCUT2D eigenvalue weighted by Crippen LogP contribution is -2.41. The van der Waals surface area contributed by atoms with Crippen molar-refractivity contribution >= 4 is 45.1 Å². The van der Waals surface area contributed by atoms with Gasteiger partial charge in [-0.05, 0) is 48.4 Å². The highest BCUT2D eigenvalue weighted by Gasteiger charge is 2.23. The molecule has 0 spiro atoms. The van der Waals surface area contributed by atoms with E-state index in [1.54, 1.807) is 0 Å². The predicted molar refractivity (Wildman–Crippen MR) is 144 cm³/mol. The number of nitrogens with zero attached hydrogens (tertiary/aromatic N) is 2. The van der Waals surface area contributed by atoms with Gasteiger partial charge in [-0.1, -0.05) is 48.5 Å². The lowest BCUT2D eigenvalue weighted by molar-refractivity contribution is 0.247. The van der Waals surface area contributed by atoms with E-state index in [1.807, 2.05) is 79.7 Å². The predicted octanol–water partition coefficient (Wildman–Crippen LogP) is 4.71. The Morgan fingerprint density at radius 1 is 0.944 bits per heavy atom. The first-order chi connectivity index (χ1) is 17.5. The third-order valence-electron chi connectivity index (χ3n) is 6.42. The van der Waals surface area contributed by atoms with Crippen molar-refractivity contribution < 1.29 is 9.59 Å². The van der Waals surface area contributed by atoms with E-state index < -0.39 is 0 Å². The molecule has 8 nitrogen and oxygen atoms in total. The Morgan fingerprint density at radius 3 is 2.64 bits per heavy atom. The van der Waals surface area contributed by atoms with Crippen molar-refractivity contribution in [1.29, 1.82) is 0 Å². The standard InChI is InChI=1S/C28H30N6O2/c1-19-16-26(24-8-4-5-9-25(24)30-19)33-27(35)29-13-15-34-14-12-23(18-34)32-28(36)31-22-11-10-20-6-2-3-7-21(20)17-22/h2-11,16-17,23H,12-15,18H2,1H3,(H2,31,32,36)(H2,29,30,33,35). The smallest absolute Gasteiger partial charge is 0.319 e. The molecule has 4 amide bonds. The van der Waals surface area contributed by atoms with Gasteiger partial charge in [-0.25, -0.2) is 9.59 Å². The first-order valence-corrected chi connectivity index (χ1v) is 12.2. The molecule has 1 aromatic heterocycles. The van der Waals surface area contributed by atoms with Crippen molar-refractivity contribution in [3.05, 3.63) is 78.5 Å². The van der Waals surface area contributed by atoms with Gasteiger partial charge in [0, 0.05) is 49.0 Å². The largest absolute Gasteiger partial charge is 0.337 e. The van der Waals surface area contributed by atoms with Crippen molar-refractivity contribution in [2.75, 3.05) is 36.8 Å². The van der Waals surface area contributed by atoms with E-state index in [1.165, 1.54) is 0 Å². The normalized spacial score (nSPS) is 15.6. The van der Waals surface area contributed by atoms with Crippen molar-refractivity contribution in [1.82, 2.24) is 20.5 Å². The van der Waals surface area contributed by atoms with Gasteiger partial charge in [0.25, 0.3) is 0 Å². The van der Waals surface area contributed by atoms with Crippen LogP contribution in [-0.4, -0.2) is 54.2 Å². The monoisotopic (exact) mass is 482 g/mol. The third-order valence-corrected chi connectivity index (χ3v) is 6.42. The number of carbonyl (C=O) groups is 2. The van der Waals surface area contributed by atoms with Crippen molar-refractivity contribution in [2.45, 2.75) is 19.4 Å². The van der Waals surface area contributed by atoms with Crippen LogP contribution in [0.25, 0.3) is 21.7 Å². The molecule has 1 fully saturated rings. The number of hydrogen-bond acceptors (Lipinski definition) is 4. The number of urea groups is 2. The molecule has 36 heavy (non-hydrogen) atoms. The summed E-state index contributed by atoms with van der Waals surface area (Å²) >= 11 is 0. The lowest BCUT2D eigenvalue weighted by atomic mass is 10.1. The van der Waals surface area contributed by atoms with E-state index in [-0.39, 0.29) is 18.1 Å². The molecule has 2 heterocycles. The van der Waals surface area contributed by atoms with Gasteiger partial charge in [-0.2, -0.15) is 0 Å². The number of aromatic nitrogens is 1. The minimum Gasteiger partial charge on any atom is -0.337 e. The molecule has 0 radical (unpaired) electrons. The zero-order valence-corrected chi connectivity index (χ0v) is 20.3. The minimum atomic E-state index is -0.241. The number of benzene rings is 3. The first-order valence-electron chi connectivity index (χ1n) is 12.2. The number of nitrogens with one attached hydrogen (secondary N) is 4. The quantitative estimate of drug-likeness (QED) is 0.320. The Hall–Kier alpha value is -4.17. The molecule has 1 aliphatic heterocycles. The van der Waals surface area contributed by atoms with Crippen LogP contribution in [0.15, 0.2) is 72.8 Å². The molecular weight excluding hydrogens is 452 g/mol. The Labute approximate surface area is 210 Å². The van der Waals surface area contributed by atoms with Gasteiger partial charge in [0.15, 0.2) is 0 Å². The maximum atomic E-state index is 12.5. The maximum Gasteiger partial charge on any atom is 0.319 e. The Kier molecular flexibility index (Phi) is 6.95. The second-order valence-corrected chi connectivity index (χ2v) is 9.16. The molecule has 3 aromatic carbocycles. The molecule has 184 valence electrons. The summed E-state index contributed by atoms with van der Waals surface area (Å²) in [6, 6.07) is 23.2. The van der Waals surface area contributed by atoms with Gasteiger partial charge < -0.3 is 21.3 Å². The van der Waals surface area contributed by atoms with E-state index in [9.17, 15) is 9.59 Å². The zero-order chi connectivity index (χ0) is 24.9. The highest BCUT2D eigenvalue weighted by Crippen LogP contribution is 2.23.